The highest BCUT2D eigenvalue weighted by Crippen LogP contribution is 2.36. The van der Waals surface area contributed by atoms with Gasteiger partial charge in [-0.3, -0.25) is 4.98 Å². The van der Waals surface area contributed by atoms with Crippen LogP contribution in [-0.2, 0) is 4.74 Å². The van der Waals surface area contributed by atoms with Crippen LogP contribution >= 0.6 is 0 Å². The molecule has 2 atom stereocenters. The number of carbonyl (C=O) groups excluding carboxylic acids is 1. The summed E-state index contributed by atoms with van der Waals surface area (Å²) in [6.07, 6.45) is 2.58. The van der Waals surface area contributed by atoms with Gasteiger partial charge in [-0.15, -0.1) is 0 Å². The number of aromatic nitrogens is 1. The lowest BCUT2D eigenvalue weighted by Gasteiger charge is -2.17. The smallest absolute Gasteiger partial charge is 0.408 e. The van der Waals surface area contributed by atoms with Crippen LogP contribution in [0.25, 0.3) is 0 Å². The number of benzene rings is 2. The predicted octanol–water partition coefficient (Wildman–Crippen LogP) is 4.00. The van der Waals surface area contributed by atoms with Crippen molar-refractivity contribution in [3.05, 3.63) is 101 Å². The molecule has 126 valence electrons. The van der Waals surface area contributed by atoms with Gasteiger partial charge in [0.05, 0.1) is 6.04 Å². The second-order valence-electron chi connectivity index (χ2n) is 5.98. The van der Waals surface area contributed by atoms with Crippen LogP contribution in [0.1, 0.15) is 34.4 Å². The van der Waals surface area contributed by atoms with Crippen molar-refractivity contribution in [2.75, 3.05) is 0 Å². The van der Waals surface area contributed by atoms with Gasteiger partial charge >= 0.3 is 6.09 Å². The van der Waals surface area contributed by atoms with Crippen molar-refractivity contribution in [2.45, 2.75) is 12.1 Å². The molecular formula is C22H16N2O2. The van der Waals surface area contributed by atoms with Gasteiger partial charge in [0.15, 0.2) is 6.10 Å². The van der Waals surface area contributed by atoms with Gasteiger partial charge in [0.2, 0.25) is 0 Å². The fourth-order valence-corrected chi connectivity index (χ4v) is 2.96. The maximum atomic E-state index is 11.8. The zero-order valence-corrected chi connectivity index (χ0v) is 13.9. The monoisotopic (exact) mass is 340 g/mol. The Balaban J connectivity index is 1.63. The zero-order valence-electron chi connectivity index (χ0n) is 13.9. The second-order valence-corrected chi connectivity index (χ2v) is 5.98. The number of alkyl carbamates (subject to hydrolysis) is 1. The summed E-state index contributed by atoms with van der Waals surface area (Å²) >= 11 is 0. The van der Waals surface area contributed by atoms with E-state index in [1.54, 1.807) is 12.4 Å². The normalized spacial score (nSPS) is 18.4. The number of rotatable bonds is 2. The molecule has 1 fully saturated rings. The van der Waals surface area contributed by atoms with E-state index in [1.165, 1.54) is 0 Å². The standard InChI is InChI=1S/C22H16N2O2/c25-22-24-20(21(26-22)19-10-5-13-23-15-19)18-9-4-8-17(14-18)12-11-16-6-2-1-3-7-16/h1-10,13-15,20-21H,(H,24,25)/t20?,21-/m0/s1. The summed E-state index contributed by atoms with van der Waals surface area (Å²) in [5.74, 6) is 6.33. The van der Waals surface area contributed by atoms with Crippen molar-refractivity contribution < 1.29 is 9.53 Å². The number of hydrogen-bond acceptors (Lipinski definition) is 3. The van der Waals surface area contributed by atoms with E-state index in [-0.39, 0.29) is 6.04 Å². The fourth-order valence-electron chi connectivity index (χ4n) is 2.96. The minimum atomic E-state index is -0.426. The third-order valence-corrected chi connectivity index (χ3v) is 4.19. The average molecular weight is 340 g/mol. The highest BCUT2D eigenvalue weighted by atomic mass is 16.6. The largest absolute Gasteiger partial charge is 0.439 e. The molecule has 0 aliphatic carbocycles. The van der Waals surface area contributed by atoms with Gasteiger partial charge < -0.3 is 10.1 Å². The Labute approximate surface area is 151 Å². The number of amides is 1. The summed E-state index contributed by atoms with van der Waals surface area (Å²) in [4.78, 5) is 15.9. The SMILES string of the molecule is O=C1NC(c2cccc(C#Cc3ccccc3)c2)[C@H](c2cccnc2)O1. The maximum absolute atomic E-state index is 11.8. The minimum absolute atomic E-state index is 0.273. The van der Waals surface area contributed by atoms with E-state index in [0.29, 0.717) is 0 Å². The minimum Gasteiger partial charge on any atom is -0.439 e. The number of nitrogens with zero attached hydrogens (tertiary/aromatic N) is 1. The summed E-state index contributed by atoms with van der Waals surface area (Å²) in [6, 6.07) is 21.2. The third kappa shape index (κ3) is 3.42. The molecule has 0 saturated carbocycles. The van der Waals surface area contributed by atoms with Gasteiger partial charge in [-0.05, 0) is 35.9 Å². The molecule has 4 nitrogen and oxygen atoms in total. The molecule has 4 heteroatoms. The Morgan fingerprint density at radius 2 is 1.65 bits per heavy atom. The van der Waals surface area contributed by atoms with Crippen LogP contribution < -0.4 is 5.32 Å². The molecule has 1 N–H and O–H groups in total. The molecule has 1 aromatic heterocycles. The highest BCUT2D eigenvalue weighted by Gasteiger charge is 2.36. The first kappa shape index (κ1) is 15.9. The highest BCUT2D eigenvalue weighted by molar-refractivity contribution is 5.71. The number of pyridine rings is 1. The van der Waals surface area contributed by atoms with Crippen LogP contribution in [0.3, 0.4) is 0 Å². The van der Waals surface area contributed by atoms with Crippen molar-refractivity contribution >= 4 is 6.09 Å². The van der Waals surface area contributed by atoms with Gasteiger partial charge in [-0.1, -0.05) is 48.2 Å². The number of carbonyl (C=O) groups is 1. The lowest BCUT2D eigenvalue weighted by molar-refractivity contribution is 0.132. The van der Waals surface area contributed by atoms with Crippen LogP contribution in [0.4, 0.5) is 4.79 Å². The van der Waals surface area contributed by atoms with Crippen molar-refractivity contribution in [2.24, 2.45) is 0 Å². The van der Waals surface area contributed by atoms with Gasteiger partial charge in [0.1, 0.15) is 0 Å². The van der Waals surface area contributed by atoms with Crippen LogP contribution in [0.15, 0.2) is 79.1 Å². The Bertz CT molecular complexity index is 975. The van der Waals surface area contributed by atoms with E-state index < -0.39 is 12.2 Å². The molecule has 3 aromatic rings. The Kier molecular flexibility index (Phi) is 4.36. The van der Waals surface area contributed by atoms with E-state index >= 15 is 0 Å². The summed E-state index contributed by atoms with van der Waals surface area (Å²) in [7, 11) is 0. The maximum Gasteiger partial charge on any atom is 0.408 e. The topological polar surface area (TPSA) is 51.2 Å². The van der Waals surface area contributed by atoms with Crippen molar-refractivity contribution in [1.82, 2.24) is 10.3 Å². The summed E-state index contributed by atoms with van der Waals surface area (Å²) < 4.78 is 5.46. The Hall–Kier alpha value is -3.58. The molecule has 2 heterocycles. The molecular weight excluding hydrogens is 324 g/mol. The molecule has 1 aliphatic rings. The van der Waals surface area contributed by atoms with Crippen molar-refractivity contribution in [1.29, 1.82) is 0 Å². The Morgan fingerprint density at radius 1 is 0.885 bits per heavy atom. The van der Waals surface area contributed by atoms with Gasteiger partial charge in [0, 0.05) is 29.1 Å². The van der Waals surface area contributed by atoms with E-state index in [2.05, 4.69) is 22.1 Å². The van der Waals surface area contributed by atoms with E-state index in [0.717, 1.165) is 22.3 Å². The van der Waals surface area contributed by atoms with Gasteiger partial charge in [-0.25, -0.2) is 4.79 Å². The molecule has 1 amide bonds. The molecule has 4 rings (SSSR count). The summed E-state index contributed by atoms with van der Waals surface area (Å²) in [5, 5.41) is 2.88. The van der Waals surface area contributed by atoms with E-state index in [1.807, 2.05) is 66.7 Å². The number of hydrogen-bond donors (Lipinski definition) is 1. The van der Waals surface area contributed by atoms with Crippen molar-refractivity contribution in [3.8, 4) is 11.8 Å². The van der Waals surface area contributed by atoms with Crippen LogP contribution in [-0.4, -0.2) is 11.1 Å². The molecule has 0 spiro atoms. The number of nitrogens with one attached hydrogen (secondary N) is 1. The van der Waals surface area contributed by atoms with Crippen LogP contribution in [0, 0.1) is 11.8 Å². The second kappa shape index (κ2) is 7.12. The molecule has 2 aromatic carbocycles. The molecule has 1 saturated heterocycles. The quantitative estimate of drug-likeness (QED) is 0.717. The lowest BCUT2D eigenvalue weighted by Crippen LogP contribution is -2.19. The molecule has 0 radical (unpaired) electrons. The van der Waals surface area contributed by atoms with Crippen LogP contribution in [0.5, 0.6) is 0 Å². The lowest BCUT2D eigenvalue weighted by atomic mass is 9.96. The summed E-state index contributed by atoms with van der Waals surface area (Å²) in [6.45, 7) is 0. The molecule has 0 bridgehead atoms. The first-order valence-electron chi connectivity index (χ1n) is 8.34. The average Bonchev–Trinajstić information content (AvgIpc) is 3.10. The Morgan fingerprint density at radius 3 is 2.46 bits per heavy atom. The van der Waals surface area contributed by atoms with E-state index in [9.17, 15) is 4.79 Å². The van der Waals surface area contributed by atoms with Gasteiger partial charge in [-0.2, -0.15) is 0 Å². The number of cyclic esters (lactones) is 1. The summed E-state index contributed by atoms with van der Waals surface area (Å²) in [5.41, 5.74) is 3.65. The first-order chi connectivity index (χ1) is 12.8. The van der Waals surface area contributed by atoms with Gasteiger partial charge in [0.25, 0.3) is 0 Å². The fraction of sp³-hybridized carbons (Fsp3) is 0.0909. The third-order valence-electron chi connectivity index (χ3n) is 4.19. The van der Waals surface area contributed by atoms with Crippen molar-refractivity contribution in [3.63, 3.8) is 0 Å². The molecule has 1 aliphatic heterocycles. The van der Waals surface area contributed by atoms with Crippen LogP contribution in [0.2, 0.25) is 0 Å². The zero-order chi connectivity index (χ0) is 17.8. The first-order valence-corrected chi connectivity index (χ1v) is 8.34. The molecule has 1 unspecified atom stereocenters. The number of ether oxygens (including phenoxy) is 1. The molecule has 26 heavy (non-hydrogen) atoms. The predicted molar refractivity (Wildman–Crippen MR) is 98.2 cm³/mol. The van der Waals surface area contributed by atoms with E-state index in [4.69, 9.17) is 4.74 Å².